The zero-order chi connectivity index (χ0) is 15.1. The number of benzene rings is 1. The van der Waals surface area contributed by atoms with Crippen molar-refractivity contribution in [3.05, 3.63) is 35.9 Å². The molecule has 1 aromatic carbocycles. The quantitative estimate of drug-likeness (QED) is 0.803. The highest BCUT2D eigenvalue weighted by Crippen LogP contribution is 2.21. The van der Waals surface area contributed by atoms with Crippen LogP contribution in [0.3, 0.4) is 0 Å². The van der Waals surface area contributed by atoms with E-state index in [0.29, 0.717) is 0 Å². The minimum absolute atomic E-state index is 0.253. The van der Waals surface area contributed by atoms with E-state index in [1.807, 2.05) is 0 Å². The molecule has 0 radical (unpaired) electrons. The number of piperidine rings is 1. The van der Waals surface area contributed by atoms with Gasteiger partial charge < -0.3 is 10.2 Å². The minimum atomic E-state index is 0.253. The summed E-state index contributed by atoms with van der Waals surface area (Å²) in [5.41, 5.74) is 1.76. The van der Waals surface area contributed by atoms with E-state index in [0.717, 1.165) is 12.5 Å². The summed E-state index contributed by atoms with van der Waals surface area (Å²) in [6.07, 6.45) is 5.25. The molecule has 0 aliphatic carbocycles. The van der Waals surface area contributed by atoms with Gasteiger partial charge in [0.1, 0.15) is 0 Å². The van der Waals surface area contributed by atoms with Crippen LogP contribution >= 0.6 is 0 Å². The molecule has 1 aliphatic rings. The monoisotopic (exact) mass is 288 g/mol. The molecule has 0 unspecified atom stereocenters. The number of likely N-dealkylation sites (tertiary alicyclic amines) is 1. The third-order valence-corrected chi connectivity index (χ3v) is 4.38. The summed E-state index contributed by atoms with van der Waals surface area (Å²) in [7, 11) is 0. The number of hydrogen-bond donors (Lipinski definition) is 1. The lowest BCUT2D eigenvalue weighted by Crippen LogP contribution is -2.39. The smallest absolute Gasteiger partial charge is 0.00965 e. The van der Waals surface area contributed by atoms with E-state index in [9.17, 15) is 0 Å². The van der Waals surface area contributed by atoms with Crippen molar-refractivity contribution in [1.82, 2.24) is 10.2 Å². The van der Waals surface area contributed by atoms with Crippen LogP contribution in [0.2, 0.25) is 0 Å². The van der Waals surface area contributed by atoms with Crippen molar-refractivity contribution in [2.45, 2.75) is 52.0 Å². The Morgan fingerprint density at radius 3 is 2.38 bits per heavy atom. The van der Waals surface area contributed by atoms with E-state index < -0.39 is 0 Å². The Labute approximate surface area is 130 Å². The van der Waals surface area contributed by atoms with Crippen LogP contribution in [0.25, 0.3) is 0 Å². The predicted octanol–water partition coefficient (Wildman–Crippen LogP) is 3.72. The first-order valence-corrected chi connectivity index (χ1v) is 8.54. The average molecular weight is 288 g/mol. The summed E-state index contributed by atoms with van der Waals surface area (Å²) in [6, 6.07) is 11.0. The van der Waals surface area contributed by atoms with Crippen molar-refractivity contribution in [2.24, 2.45) is 5.92 Å². The van der Waals surface area contributed by atoms with Crippen LogP contribution in [0, 0.1) is 5.92 Å². The molecule has 1 saturated heterocycles. The van der Waals surface area contributed by atoms with Crippen LogP contribution in [-0.2, 0) is 6.42 Å². The van der Waals surface area contributed by atoms with Gasteiger partial charge in [0, 0.05) is 5.54 Å². The van der Waals surface area contributed by atoms with Gasteiger partial charge in [-0.3, -0.25) is 0 Å². The molecule has 1 aromatic rings. The Balaban J connectivity index is 1.60. The fourth-order valence-corrected chi connectivity index (χ4v) is 3.13. The van der Waals surface area contributed by atoms with E-state index >= 15 is 0 Å². The lowest BCUT2D eigenvalue weighted by Gasteiger charge is -2.32. The molecule has 1 heterocycles. The van der Waals surface area contributed by atoms with Gasteiger partial charge >= 0.3 is 0 Å². The zero-order valence-corrected chi connectivity index (χ0v) is 14.1. The summed E-state index contributed by atoms with van der Waals surface area (Å²) >= 11 is 0. The van der Waals surface area contributed by atoms with Crippen LogP contribution in [0.4, 0.5) is 0 Å². The van der Waals surface area contributed by atoms with Gasteiger partial charge in [0.2, 0.25) is 0 Å². The van der Waals surface area contributed by atoms with Crippen LogP contribution in [0.5, 0.6) is 0 Å². The molecule has 21 heavy (non-hydrogen) atoms. The molecule has 2 heteroatoms. The summed E-state index contributed by atoms with van der Waals surface area (Å²) in [6.45, 7) is 11.7. The Bertz CT molecular complexity index is 386. The first-order valence-electron chi connectivity index (χ1n) is 8.54. The maximum atomic E-state index is 3.58. The number of nitrogens with zero attached hydrogens (tertiary/aromatic N) is 1. The highest BCUT2D eigenvalue weighted by Gasteiger charge is 2.19. The molecule has 118 valence electrons. The summed E-state index contributed by atoms with van der Waals surface area (Å²) < 4.78 is 0. The Kier molecular flexibility index (Phi) is 6.25. The van der Waals surface area contributed by atoms with Crippen LogP contribution in [0.1, 0.15) is 45.6 Å². The molecule has 1 fully saturated rings. The molecular weight excluding hydrogens is 256 g/mol. The lowest BCUT2D eigenvalue weighted by atomic mass is 9.90. The molecule has 0 aromatic heterocycles. The molecule has 1 N–H and O–H groups in total. The van der Waals surface area contributed by atoms with E-state index in [2.05, 4.69) is 61.3 Å². The van der Waals surface area contributed by atoms with Gasteiger partial charge in [-0.25, -0.2) is 0 Å². The fraction of sp³-hybridized carbons (Fsp3) is 0.684. The van der Waals surface area contributed by atoms with Crippen LogP contribution in [-0.4, -0.2) is 36.6 Å². The van der Waals surface area contributed by atoms with E-state index in [4.69, 9.17) is 0 Å². The standard InChI is InChI=1S/C19H32N2/c1-19(2,3)20-12-7-13-21-14-10-18(11-15-21)16-17-8-5-4-6-9-17/h4-6,8-9,18,20H,7,10-16H2,1-3H3. The molecule has 0 amide bonds. The third kappa shape index (κ3) is 6.62. The highest BCUT2D eigenvalue weighted by atomic mass is 15.1. The van der Waals surface area contributed by atoms with Gasteiger partial charge in [0.05, 0.1) is 0 Å². The van der Waals surface area contributed by atoms with Gasteiger partial charge in [0.15, 0.2) is 0 Å². The van der Waals surface area contributed by atoms with Crippen molar-refractivity contribution in [3.8, 4) is 0 Å². The molecule has 1 aliphatic heterocycles. The molecular formula is C19H32N2. The number of hydrogen-bond acceptors (Lipinski definition) is 2. The Morgan fingerprint density at radius 1 is 1.10 bits per heavy atom. The fourth-order valence-electron chi connectivity index (χ4n) is 3.13. The summed E-state index contributed by atoms with van der Waals surface area (Å²) in [4.78, 5) is 2.64. The average Bonchev–Trinajstić information content (AvgIpc) is 2.45. The second kappa shape index (κ2) is 7.95. The van der Waals surface area contributed by atoms with E-state index in [1.165, 1.54) is 50.9 Å². The van der Waals surface area contributed by atoms with Crippen molar-refractivity contribution in [1.29, 1.82) is 0 Å². The largest absolute Gasteiger partial charge is 0.312 e. The SMILES string of the molecule is CC(C)(C)NCCCN1CCC(Cc2ccccc2)CC1. The maximum Gasteiger partial charge on any atom is 0.00965 e. The third-order valence-electron chi connectivity index (χ3n) is 4.38. The minimum Gasteiger partial charge on any atom is -0.312 e. The van der Waals surface area contributed by atoms with Crippen molar-refractivity contribution in [3.63, 3.8) is 0 Å². The second-order valence-corrected chi connectivity index (χ2v) is 7.51. The van der Waals surface area contributed by atoms with Crippen molar-refractivity contribution >= 4 is 0 Å². The maximum absolute atomic E-state index is 3.58. The topological polar surface area (TPSA) is 15.3 Å². The van der Waals surface area contributed by atoms with E-state index in [-0.39, 0.29) is 5.54 Å². The first kappa shape index (κ1) is 16.5. The van der Waals surface area contributed by atoms with E-state index in [1.54, 1.807) is 0 Å². The molecule has 0 spiro atoms. The molecule has 0 atom stereocenters. The highest BCUT2D eigenvalue weighted by molar-refractivity contribution is 5.15. The zero-order valence-electron chi connectivity index (χ0n) is 14.1. The van der Waals surface area contributed by atoms with Gasteiger partial charge in [0.25, 0.3) is 0 Å². The van der Waals surface area contributed by atoms with Gasteiger partial charge in [-0.1, -0.05) is 30.3 Å². The molecule has 2 nitrogen and oxygen atoms in total. The van der Waals surface area contributed by atoms with Crippen LogP contribution < -0.4 is 5.32 Å². The Morgan fingerprint density at radius 2 is 1.76 bits per heavy atom. The van der Waals surface area contributed by atoms with Crippen LogP contribution in [0.15, 0.2) is 30.3 Å². The summed E-state index contributed by atoms with van der Waals surface area (Å²) in [5, 5.41) is 3.58. The van der Waals surface area contributed by atoms with Crippen molar-refractivity contribution < 1.29 is 0 Å². The second-order valence-electron chi connectivity index (χ2n) is 7.51. The van der Waals surface area contributed by atoms with Crippen molar-refractivity contribution in [2.75, 3.05) is 26.2 Å². The van der Waals surface area contributed by atoms with Gasteiger partial charge in [-0.05, 0) is 84.1 Å². The lowest BCUT2D eigenvalue weighted by molar-refractivity contribution is 0.181. The molecule has 0 bridgehead atoms. The molecule has 2 rings (SSSR count). The number of rotatable bonds is 6. The molecule has 0 saturated carbocycles. The predicted molar refractivity (Wildman–Crippen MR) is 91.7 cm³/mol. The number of nitrogens with one attached hydrogen (secondary N) is 1. The van der Waals surface area contributed by atoms with Gasteiger partial charge in [-0.2, -0.15) is 0 Å². The summed E-state index contributed by atoms with van der Waals surface area (Å²) in [5.74, 6) is 0.886. The first-order chi connectivity index (χ1) is 10.0. The van der Waals surface area contributed by atoms with Gasteiger partial charge in [-0.15, -0.1) is 0 Å². The normalized spacial score (nSPS) is 18.0. The Hall–Kier alpha value is -0.860.